The van der Waals surface area contributed by atoms with Crippen molar-refractivity contribution in [1.82, 2.24) is 9.78 Å². The lowest BCUT2D eigenvalue weighted by Gasteiger charge is -2.17. The lowest BCUT2D eigenvalue weighted by atomic mass is 10.0. The molecule has 0 aliphatic carbocycles. The van der Waals surface area contributed by atoms with Gasteiger partial charge in [-0.05, 0) is 30.5 Å². The highest BCUT2D eigenvalue weighted by molar-refractivity contribution is 5.45. The number of nitriles is 1. The number of hydrogen-bond acceptors (Lipinski definition) is 2. The number of hydrogen-bond donors (Lipinski definition) is 0. The molecular weight excluding hydrogens is 186 g/mol. The lowest BCUT2D eigenvalue weighted by Crippen LogP contribution is -2.12. The Bertz CT molecular complexity index is 560. The average Bonchev–Trinajstić information content (AvgIpc) is 2.72. The van der Waals surface area contributed by atoms with Crippen molar-refractivity contribution in [3.63, 3.8) is 0 Å². The molecule has 1 aliphatic rings. The van der Waals surface area contributed by atoms with Gasteiger partial charge in [-0.3, -0.25) is 0 Å². The number of aromatic nitrogens is 2. The second-order valence-electron chi connectivity index (χ2n) is 3.67. The lowest BCUT2D eigenvalue weighted by molar-refractivity contribution is 0.735. The van der Waals surface area contributed by atoms with Gasteiger partial charge >= 0.3 is 0 Å². The molecule has 0 amide bonds. The Balaban J connectivity index is 2.25. The molecule has 3 rings (SSSR count). The van der Waals surface area contributed by atoms with E-state index in [1.165, 1.54) is 5.56 Å². The Morgan fingerprint density at radius 1 is 1.27 bits per heavy atom. The summed E-state index contributed by atoms with van der Waals surface area (Å²) in [5.74, 6) is 0. The summed E-state index contributed by atoms with van der Waals surface area (Å²) < 4.78 is 1.89. The molecule has 15 heavy (non-hydrogen) atoms. The first-order chi connectivity index (χ1) is 7.38. The first-order valence-corrected chi connectivity index (χ1v) is 4.96. The second-order valence-corrected chi connectivity index (χ2v) is 3.67. The van der Waals surface area contributed by atoms with Gasteiger partial charge in [-0.15, -0.1) is 0 Å². The van der Waals surface area contributed by atoms with E-state index in [0.29, 0.717) is 5.69 Å². The summed E-state index contributed by atoms with van der Waals surface area (Å²) in [7, 11) is 0. The van der Waals surface area contributed by atoms with Crippen LogP contribution in [0.25, 0.3) is 5.69 Å². The van der Waals surface area contributed by atoms with Crippen molar-refractivity contribution in [2.75, 3.05) is 0 Å². The van der Waals surface area contributed by atoms with Crippen molar-refractivity contribution >= 4 is 0 Å². The van der Waals surface area contributed by atoms with Crippen LogP contribution in [0.3, 0.4) is 0 Å². The fourth-order valence-electron chi connectivity index (χ4n) is 2.05. The summed E-state index contributed by atoms with van der Waals surface area (Å²) in [6.07, 6.45) is 2.00. The minimum atomic E-state index is 0.502. The highest BCUT2D eigenvalue weighted by Crippen LogP contribution is 2.24. The molecule has 0 fully saturated rings. The number of fused-ring (bicyclic) bond motifs is 3. The molecule has 3 nitrogen and oxygen atoms in total. The Kier molecular flexibility index (Phi) is 1.63. The summed E-state index contributed by atoms with van der Waals surface area (Å²) in [5, 5.41) is 13.1. The molecule has 0 unspecified atom stereocenters. The number of rotatable bonds is 0. The maximum atomic E-state index is 8.81. The van der Waals surface area contributed by atoms with E-state index in [1.54, 1.807) is 0 Å². The van der Waals surface area contributed by atoms with E-state index in [1.807, 2.05) is 28.9 Å². The van der Waals surface area contributed by atoms with Crippen LogP contribution in [0.15, 0.2) is 30.3 Å². The largest absolute Gasteiger partial charge is 0.236 e. The summed E-state index contributed by atoms with van der Waals surface area (Å²) in [5.41, 5.74) is 4.05. The van der Waals surface area contributed by atoms with Crippen LogP contribution < -0.4 is 0 Å². The molecule has 2 heterocycles. The van der Waals surface area contributed by atoms with Gasteiger partial charge in [0.1, 0.15) is 6.07 Å². The molecule has 2 aromatic rings. The molecule has 0 saturated heterocycles. The van der Waals surface area contributed by atoms with E-state index in [0.717, 1.165) is 24.2 Å². The highest BCUT2D eigenvalue weighted by atomic mass is 15.3. The third-order valence-corrected chi connectivity index (χ3v) is 2.77. The van der Waals surface area contributed by atoms with E-state index in [4.69, 9.17) is 5.26 Å². The van der Waals surface area contributed by atoms with Crippen molar-refractivity contribution in [2.24, 2.45) is 0 Å². The predicted octanol–water partition coefficient (Wildman–Crippen LogP) is 1.84. The van der Waals surface area contributed by atoms with E-state index in [-0.39, 0.29) is 0 Å². The number of para-hydroxylation sites is 1. The van der Waals surface area contributed by atoms with Crippen LogP contribution in [-0.2, 0) is 12.8 Å². The molecule has 0 bridgehead atoms. The van der Waals surface area contributed by atoms with Gasteiger partial charge in [-0.1, -0.05) is 18.2 Å². The van der Waals surface area contributed by atoms with Gasteiger partial charge in [0.2, 0.25) is 0 Å². The zero-order valence-electron chi connectivity index (χ0n) is 8.14. The molecule has 0 saturated carbocycles. The van der Waals surface area contributed by atoms with Crippen LogP contribution in [-0.4, -0.2) is 9.78 Å². The van der Waals surface area contributed by atoms with Gasteiger partial charge in [0.15, 0.2) is 5.69 Å². The highest BCUT2D eigenvalue weighted by Gasteiger charge is 2.17. The molecular formula is C12H9N3. The Morgan fingerprint density at radius 2 is 2.13 bits per heavy atom. The first kappa shape index (κ1) is 8.25. The smallest absolute Gasteiger partial charge is 0.163 e. The van der Waals surface area contributed by atoms with Crippen molar-refractivity contribution in [3.8, 4) is 11.8 Å². The van der Waals surface area contributed by atoms with Crippen LogP contribution in [0.2, 0.25) is 0 Å². The fraction of sp³-hybridized carbons (Fsp3) is 0.167. The molecule has 0 N–H and O–H groups in total. The summed E-state index contributed by atoms with van der Waals surface area (Å²) in [4.78, 5) is 0. The quantitative estimate of drug-likeness (QED) is 0.643. The van der Waals surface area contributed by atoms with Crippen molar-refractivity contribution < 1.29 is 0 Å². The fourth-order valence-corrected chi connectivity index (χ4v) is 2.05. The summed E-state index contributed by atoms with van der Waals surface area (Å²) in [6, 6.07) is 12.2. The molecule has 1 aromatic heterocycles. The van der Waals surface area contributed by atoms with E-state index in [9.17, 15) is 0 Å². The topological polar surface area (TPSA) is 41.6 Å². The van der Waals surface area contributed by atoms with Gasteiger partial charge in [-0.2, -0.15) is 10.4 Å². The zero-order valence-corrected chi connectivity index (χ0v) is 8.14. The van der Waals surface area contributed by atoms with Gasteiger partial charge in [0.05, 0.1) is 5.69 Å². The standard InChI is InChI=1S/C12H9N3/c13-8-10-7-11-6-5-9-3-1-2-4-12(9)15(11)14-10/h1-4,7H,5-6H2. The van der Waals surface area contributed by atoms with Crippen molar-refractivity contribution in [1.29, 1.82) is 5.26 Å². The third kappa shape index (κ3) is 1.15. The van der Waals surface area contributed by atoms with Crippen LogP contribution in [0, 0.1) is 11.3 Å². The maximum Gasteiger partial charge on any atom is 0.163 e. The first-order valence-electron chi connectivity index (χ1n) is 4.96. The molecule has 0 atom stereocenters. The van der Waals surface area contributed by atoms with E-state index >= 15 is 0 Å². The van der Waals surface area contributed by atoms with Crippen LogP contribution in [0.1, 0.15) is 17.0 Å². The Hall–Kier alpha value is -2.08. The second kappa shape index (κ2) is 2.96. The van der Waals surface area contributed by atoms with Gasteiger partial charge in [0, 0.05) is 5.69 Å². The Labute approximate surface area is 87.6 Å². The van der Waals surface area contributed by atoms with Crippen molar-refractivity contribution in [2.45, 2.75) is 12.8 Å². The molecule has 0 spiro atoms. The number of benzene rings is 1. The van der Waals surface area contributed by atoms with E-state index < -0.39 is 0 Å². The van der Waals surface area contributed by atoms with Crippen LogP contribution in [0.5, 0.6) is 0 Å². The maximum absolute atomic E-state index is 8.81. The normalized spacial score (nSPS) is 12.7. The molecule has 1 aliphatic heterocycles. The SMILES string of the molecule is N#Cc1cc2n(n1)-c1ccccc1CC2. The summed E-state index contributed by atoms with van der Waals surface area (Å²) in [6.45, 7) is 0. The molecule has 3 heteroatoms. The van der Waals surface area contributed by atoms with Crippen LogP contribution in [0.4, 0.5) is 0 Å². The monoisotopic (exact) mass is 195 g/mol. The molecule has 1 aromatic carbocycles. The minimum Gasteiger partial charge on any atom is -0.236 e. The minimum absolute atomic E-state index is 0.502. The molecule has 72 valence electrons. The van der Waals surface area contributed by atoms with Gasteiger partial charge in [0.25, 0.3) is 0 Å². The molecule has 0 radical (unpaired) electrons. The number of aryl methyl sites for hydroxylation is 2. The van der Waals surface area contributed by atoms with Crippen molar-refractivity contribution in [3.05, 3.63) is 47.3 Å². The summed E-state index contributed by atoms with van der Waals surface area (Å²) >= 11 is 0. The van der Waals surface area contributed by atoms with Gasteiger partial charge in [-0.25, -0.2) is 4.68 Å². The van der Waals surface area contributed by atoms with E-state index in [2.05, 4.69) is 17.2 Å². The average molecular weight is 195 g/mol. The third-order valence-electron chi connectivity index (χ3n) is 2.77. The predicted molar refractivity (Wildman–Crippen MR) is 55.7 cm³/mol. The zero-order chi connectivity index (χ0) is 10.3. The number of nitrogens with zero attached hydrogens (tertiary/aromatic N) is 3. The Morgan fingerprint density at radius 3 is 3.00 bits per heavy atom. The van der Waals surface area contributed by atoms with Crippen LogP contribution >= 0.6 is 0 Å². The van der Waals surface area contributed by atoms with Gasteiger partial charge < -0.3 is 0 Å².